The number of para-hydroxylation sites is 1. The number of aliphatic imine (C=N–C) groups is 1. The average Bonchev–Trinajstić information content (AvgIpc) is 2.21. The van der Waals surface area contributed by atoms with Gasteiger partial charge in [0, 0.05) is 5.71 Å². The number of benzene rings is 1. The van der Waals surface area contributed by atoms with Crippen molar-refractivity contribution in [3.8, 4) is 0 Å². The van der Waals surface area contributed by atoms with Gasteiger partial charge in [-0.3, -0.25) is 4.99 Å². The third-order valence-corrected chi connectivity index (χ3v) is 2.85. The lowest BCUT2D eigenvalue weighted by atomic mass is 10.0. The van der Waals surface area contributed by atoms with Crippen LogP contribution in [0.5, 0.6) is 0 Å². The Kier molecular flexibility index (Phi) is 4.54. The monoisotopic (exact) mass is 203 g/mol. The summed E-state index contributed by atoms with van der Waals surface area (Å²) in [6, 6.07) is 8.29. The molecule has 1 unspecified atom stereocenters. The Morgan fingerprint density at radius 2 is 2.00 bits per heavy atom. The Morgan fingerprint density at radius 1 is 1.33 bits per heavy atom. The number of hydrogen-bond acceptors (Lipinski definition) is 1. The van der Waals surface area contributed by atoms with E-state index in [1.165, 1.54) is 24.1 Å². The molecule has 0 spiro atoms. The van der Waals surface area contributed by atoms with Gasteiger partial charge in [0.05, 0.1) is 5.69 Å². The van der Waals surface area contributed by atoms with E-state index in [4.69, 9.17) is 4.99 Å². The van der Waals surface area contributed by atoms with Crippen molar-refractivity contribution in [2.45, 2.75) is 40.5 Å². The first-order chi connectivity index (χ1) is 7.15. The van der Waals surface area contributed by atoms with Gasteiger partial charge >= 0.3 is 0 Å². The van der Waals surface area contributed by atoms with Crippen LogP contribution in [-0.4, -0.2) is 5.71 Å². The van der Waals surface area contributed by atoms with Crippen LogP contribution < -0.4 is 0 Å². The Labute approximate surface area is 93.2 Å². The summed E-state index contributed by atoms with van der Waals surface area (Å²) < 4.78 is 0. The average molecular weight is 203 g/mol. The van der Waals surface area contributed by atoms with Gasteiger partial charge in [0.1, 0.15) is 0 Å². The van der Waals surface area contributed by atoms with Crippen molar-refractivity contribution in [1.82, 2.24) is 0 Å². The molecule has 1 aromatic rings. The molecule has 0 amide bonds. The zero-order valence-corrected chi connectivity index (χ0v) is 10.2. The van der Waals surface area contributed by atoms with Gasteiger partial charge < -0.3 is 0 Å². The molecule has 0 N–H and O–H groups in total. The summed E-state index contributed by atoms with van der Waals surface area (Å²) in [6.07, 6.45) is 2.45. The van der Waals surface area contributed by atoms with Crippen LogP contribution in [-0.2, 0) is 0 Å². The summed E-state index contributed by atoms with van der Waals surface area (Å²) in [5.74, 6) is 0.592. The standard InChI is InChI=1S/C14H21N/c1-5-8-11(2)13(4)15-14-10-7-6-9-12(14)3/h6-7,9-11H,5,8H2,1-4H3. The zero-order chi connectivity index (χ0) is 11.3. The van der Waals surface area contributed by atoms with Crippen LogP contribution in [0, 0.1) is 12.8 Å². The fraction of sp³-hybridized carbons (Fsp3) is 0.500. The van der Waals surface area contributed by atoms with Gasteiger partial charge in [0.15, 0.2) is 0 Å². The fourth-order valence-electron chi connectivity index (χ4n) is 1.63. The maximum absolute atomic E-state index is 4.69. The number of nitrogens with zero attached hydrogens (tertiary/aromatic N) is 1. The molecule has 0 aliphatic rings. The fourth-order valence-corrected chi connectivity index (χ4v) is 1.63. The molecule has 1 atom stereocenters. The predicted molar refractivity (Wildman–Crippen MR) is 68.0 cm³/mol. The second-order valence-corrected chi connectivity index (χ2v) is 4.23. The van der Waals surface area contributed by atoms with Gasteiger partial charge in [0.25, 0.3) is 0 Å². The Morgan fingerprint density at radius 3 is 2.60 bits per heavy atom. The minimum Gasteiger partial charge on any atom is -0.258 e. The number of aryl methyl sites for hydroxylation is 1. The molecule has 0 aromatic heterocycles. The van der Waals surface area contributed by atoms with E-state index < -0.39 is 0 Å². The largest absolute Gasteiger partial charge is 0.258 e. The van der Waals surface area contributed by atoms with Crippen LogP contribution in [0.15, 0.2) is 29.3 Å². The lowest BCUT2D eigenvalue weighted by molar-refractivity contribution is 0.664. The van der Waals surface area contributed by atoms with Gasteiger partial charge in [-0.15, -0.1) is 0 Å². The second-order valence-electron chi connectivity index (χ2n) is 4.23. The Hall–Kier alpha value is -1.11. The van der Waals surface area contributed by atoms with Crippen LogP contribution in [0.4, 0.5) is 5.69 Å². The third-order valence-electron chi connectivity index (χ3n) is 2.85. The zero-order valence-electron chi connectivity index (χ0n) is 10.2. The first-order valence-corrected chi connectivity index (χ1v) is 5.76. The molecule has 1 heteroatoms. The molecule has 1 rings (SSSR count). The molecule has 0 heterocycles. The summed E-state index contributed by atoms with van der Waals surface area (Å²) in [5.41, 5.74) is 3.60. The van der Waals surface area contributed by atoms with E-state index in [9.17, 15) is 0 Å². The van der Waals surface area contributed by atoms with Crippen LogP contribution in [0.25, 0.3) is 0 Å². The molecule has 1 nitrogen and oxygen atoms in total. The smallest absolute Gasteiger partial charge is 0.0658 e. The van der Waals surface area contributed by atoms with Crippen LogP contribution in [0.2, 0.25) is 0 Å². The molecule has 0 aliphatic carbocycles. The molecular formula is C14H21N. The maximum atomic E-state index is 4.69. The van der Waals surface area contributed by atoms with Crippen molar-refractivity contribution in [1.29, 1.82) is 0 Å². The highest BCUT2D eigenvalue weighted by Gasteiger charge is 2.04. The van der Waals surface area contributed by atoms with Gasteiger partial charge in [-0.1, -0.05) is 38.5 Å². The molecule has 0 aliphatic heterocycles. The second kappa shape index (κ2) is 5.69. The summed E-state index contributed by atoms with van der Waals surface area (Å²) in [4.78, 5) is 4.69. The maximum Gasteiger partial charge on any atom is 0.0658 e. The minimum atomic E-state index is 0.592. The van der Waals surface area contributed by atoms with Gasteiger partial charge in [-0.05, 0) is 37.8 Å². The van der Waals surface area contributed by atoms with Gasteiger partial charge in [0.2, 0.25) is 0 Å². The number of hydrogen-bond donors (Lipinski definition) is 0. The van der Waals surface area contributed by atoms with E-state index in [0.717, 1.165) is 5.69 Å². The first-order valence-electron chi connectivity index (χ1n) is 5.76. The summed E-state index contributed by atoms with van der Waals surface area (Å²) in [7, 11) is 0. The van der Waals surface area contributed by atoms with E-state index in [-0.39, 0.29) is 0 Å². The molecule has 0 saturated carbocycles. The normalized spacial score (nSPS) is 14.0. The molecule has 1 aromatic carbocycles. The highest BCUT2D eigenvalue weighted by atomic mass is 14.7. The van der Waals surface area contributed by atoms with Crippen molar-refractivity contribution < 1.29 is 0 Å². The quantitative estimate of drug-likeness (QED) is 0.638. The SMILES string of the molecule is CCCC(C)C(C)=Nc1ccccc1C. The topological polar surface area (TPSA) is 12.4 Å². The van der Waals surface area contributed by atoms with E-state index in [0.29, 0.717) is 5.92 Å². The molecular weight excluding hydrogens is 182 g/mol. The molecule has 0 saturated heterocycles. The van der Waals surface area contributed by atoms with Crippen molar-refractivity contribution >= 4 is 11.4 Å². The van der Waals surface area contributed by atoms with E-state index in [1.54, 1.807) is 0 Å². The highest BCUT2D eigenvalue weighted by molar-refractivity contribution is 5.86. The van der Waals surface area contributed by atoms with Crippen LogP contribution in [0.3, 0.4) is 0 Å². The van der Waals surface area contributed by atoms with E-state index in [2.05, 4.69) is 45.9 Å². The summed E-state index contributed by atoms with van der Waals surface area (Å²) in [6.45, 7) is 8.71. The lowest BCUT2D eigenvalue weighted by Gasteiger charge is -2.10. The summed E-state index contributed by atoms with van der Waals surface area (Å²) in [5, 5.41) is 0. The minimum absolute atomic E-state index is 0.592. The molecule has 82 valence electrons. The highest BCUT2D eigenvalue weighted by Crippen LogP contribution is 2.19. The van der Waals surface area contributed by atoms with E-state index in [1.807, 2.05) is 6.07 Å². The van der Waals surface area contributed by atoms with Crippen molar-refractivity contribution in [3.05, 3.63) is 29.8 Å². The van der Waals surface area contributed by atoms with Crippen LogP contribution in [0.1, 0.15) is 39.2 Å². The van der Waals surface area contributed by atoms with E-state index >= 15 is 0 Å². The van der Waals surface area contributed by atoms with Crippen LogP contribution >= 0.6 is 0 Å². The molecule has 15 heavy (non-hydrogen) atoms. The van der Waals surface area contributed by atoms with Crippen molar-refractivity contribution in [2.24, 2.45) is 10.9 Å². The predicted octanol–water partition coefficient (Wildman–Crippen LogP) is 4.52. The lowest BCUT2D eigenvalue weighted by Crippen LogP contribution is -2.05. The van der Waals surface area contributed by atoms with Crippen molar-refractivity contribution in [2.75, 3.05) is 0 Å². The molecule has 0 bridgehead atoms. The summed E-state index contributed by atoms with van der Waals surface area (Å²) >= 11 is 0. The first kappa shape index (κ1) is 12.0. The number of rotatable bonds is 4. The third kappa shape index (κ3) is 3.50. The molecule has 0 radical (unpaired) electrons. The van der Waals surface area contributed by atoms with Gasteiger partial charge in [-0.25, -0.2) is 0 Å². The molecule has 0 fully saturated rings. The Balaban J connectivity index is 2.82. The van der Waals surface area contributed by atoms with Gasteiger partial charge in [-0.2, -0.15) is 0 Å². The Bertz CT molecular complexity index is 339. The van der Waals surface area contributed by atoms with Crippen molar-refractivity contribution in [3.63, 3.8) is 0 Å².